The smallest absolute Gasteiger partial charge is 0.270 e. The number of primary amides is 1. The number of aromatic nitrogens is 3. The molecule has 3 N–H and O–H groups in total. The van der Waals surface area contributed by atoms with Crippen LogP contribution >= 0.6 is 0 Å². The highest BCUT2D eigenvalue weighted by Gasteiger charge is 2.34. The molecule has 2 amide bonds. The van der Waals surface area contributed by atoms with Gasteiger partial charge in [0.15, 0.2) is 5.65 Å². The van der Waals surface area contributed by atoms with Crippen LogP contribution in [-0.2, 0) is 6.42 Å². The summed E-state index contributed by atoms with van der Waals surface area (Å²) < 4.78 is 1.45. The molecule has 1 fully saturated rings. The molecule has 2 aliphatic carbocycles. The van der Waals surface area contributed by atoms with Crippen LogP contribution in [0.4, 0.5) is 0 Å². The van der Waals surface area contributed by atoms with Crippen molar-refractivity contribution in [3.05, 3.63) is 64.6 Å². The van der Waals surface area contributed by atoms with Gasteiger partial charge in [0, 0.05) is 12.1 Å². The molecule has 0 saturated heterocycles. The van der Waals surface area contributed by atoms with E-state index in [1.165, 1.54) is 16.3 Å². The van der Waals surface area contributed by atoms with E-state index in [0.717, 1.165) is 24.8 Å². The minimum atomic E-state index is -0.556. The van der Waals surface area contributed by atoms with Gasteiger partial charge in [0.05, 0.1) is 11.7 Å². The lowest BCUT2D eigenvalue weighted by atomic mass is 9.83. The number of amides is 2. The van der Waals surface area contributed by atoms with Gasteiger partial charge in [-0.2, -0.15) is 5.10 Å². The number of nitrogens with zero attached hydrogens (tertiary/aromatic N) is 3. The number of hydrogen-bond donors (Lipinski definition) is 2. The Morgan fingerprint density at radius 1 is 1.19 bits per heavy atom. The van der Waals surface area contributed by atoms with E-state index in [1.54, 1.807) is 6.07 Å². The van der Waals surface area contributed by atoms with E-state index in [4.69, 9.17) is 5.73 Å². The Hall–Kier alpha value is -3.22. The Balaban J connectivity index is 1.52. The molecule has 0 aliphatic heterocycles. The van der Waals surface area contributed by atoms with Crippen molar-refractivity contribution in [3.8, 4) is 0 Å². The van der Waals surface area contributed by atoms with Crippen LogP contribution in [0.15, 0.2) is 36.5 Å². The Bertz CT molecular complexity index is 1070. The molecule has 0 radical (unpaired) electrons. The summed E-state index contributed by atoms with van der Waals surface area (Å²) in [5, 5.41) is 7.54. The van der Waals surface area contributed by atoms with Crippen molar-refractivity contribution in [3.63, 3.8) is 0 Å². The maximum absolute atomic E-state index is 12.8. The number of nitrogens with two attached hydrogens (primary N) is 1. The summed E-state index contributed by atoms with van der Waals surface area (Å²) in [4.78, 5) is 29.0. The third-order valence-corrected chi connectivity index (χ3v) is 5.15. The fraction of sp³-hybridized carbons (Fsp3) is 0.263. The maximum Gasteiger partial charge on any atom is 0.270 e. The molecular formula is C19H17N5O2. The standard InChI is InChI=1S/C19H17N5O2/c20-17(25)15-16(10-5-6-10)23-24-14(7-8-21-18(15)24)19(26)22-13-9-11-3-1-2-4-12(11)13/h1-4,7-8,10,13H,5-6,9H2,(H2,20,25)(H,22,26). The van der Waals surface area contributed by atoms with E-state index in [-0.39, 0.29) is 17.9 Å². The zero-order chi connectivity index (χ0) is 17.8. The van der Waals surface area contributed by atoms with E-state index >= 15 is 0 Å². The predicted molar refractivity (Wildman–Crippen MR) is 93.8 cm³/mol. The van der Waals surface area contributed by atoms with Gasteiger partial charge in [-0.05, 0) is 36.5 Å². The molecule has 2 aliphatic rings. The third-order valence-electron chi connectivity index (χ3n) is 5.15. The molecule has 0 spiro atoms. The molecule has 1 saturated carbocycles. The number of nitrogens with one attached hydrogen (secondary N) is 1. The molecule has 7 heteroatoms. The van der Waals surface area contributed by atoms with Crippen molar-refractivity contribution in [1.82, 2.24) is 19.9 Å². The van der Waals surface area contributed by atoms with Crippen LogP contribution < -0.4 is 11.1 Å². The first-order valence-corrected chi connectivity index (χ1v) is 8.69. The average Bonchev–Trinajstić information content (AvgIpc) is 3.38. The minimum Gasteiger partial charge on any atom is -0.365 e. The van der Waals surface area contributed by atoms with Crippen molar-refractivity contribution in [2.75, 3.05) is 0 Å². The Kier molecular flexibility index (Phi) is 3.12. The topological polar surface area (TPSA) is 102 Å². The lowest BCUT2D eigenvalue weighted by Gasteiger charge is -2.30. The van der Waals surface area contributed by atoms with Crippen LogP contribution in [0.3, 0.4) is 0 Å². The van der Waals surface area contributed by atoms with Gasteiger partial charge in [0.2, 0.25) is 0 Å². The van der Waals surface area contributed by atoms with Gasteiger partial charge in [-0.15, -0.1) is 0 Å². The van der Waals surface area contributed by atoms with Crippen LogP contribution in [0.1, 0.15) is 62.5 Å². The molecule has 3 aromatic rings. The summed E-state index contributed by atoms with van der Waals surface area (Å²) in [5.74, 6) is -0.564. The van der Waals surface area contributed by atoms with Gasteiger partial charge in [-0.3, -0.25) is 9.59 Å². The second-order valence-electron chi connectivity index (χ2n) is 6.89. The summed E-state index contributed by atoms with van der Waals surface area (Å²) in [6.45, 7) is 0. The summed E-state index contributed by atoms with van der Waals surface area (Å²) in [5.41, 5.74) is 9.63. The molecular weight excluding hydrogens is 330 g/mol. The van der Waals surface area contributed by atoms with Crippen molar-refractivity contribution in [1.29, 1.82) is 0 Å². The van der Waals surface area contributed by atoms with Gasteiger partial charge in [0.1, 0.15) is 11.3 Å². The molecule has 1 atom stereocenters. The normalized spacial score (nSPS) is 18.2. The quantitative estimate of drug-likeness (QED) is 0.750. The molecule has 1 unspecified atom stereocenters. The molecule has 0 bridgehead atoms. The predicted octanol–water partition coefficient (Wildman–Crippen LogP) is 1.73. The summed E-state index contributed by atoms with van der Waals surface area (Å²) in [7, 11) is 0. The number of carbonyl (C=O) groups is 2. The number of benzene rings is 1. The van der Waals surface area contributed by atoms with E-state index in [1.807, 2.05) is 18.2 Å². The Morgan fingerprint density at radius 3 is 2.73 bits per heavy atom. The van der Waals surface area contributed by atoms with E-state index in [9.17, 15) is 9.59 Å². The van der Waals surface area contributed by atoms with Crippen LogP contribution in [0.25, 0.3) is 5.65 Å². The van der Waals surface area contributed by atoms with Crippen molar-refractivity contribution < 1.29 is 9.59 Å². The molecule has 26 heavy (non-hydrogen) atoms. The van der Waals surface area contributed by atoms with Gasteiger partial charge in [-0.1, -0.05) is 24.3 Å². The molecule has 7 nitrogen and oxygen atoms in total. The first kappa shape index (κ1) is 15.1. The molecule has 5 rings (SSSR count). The zero-order valence-electron chi connectivity index (χ0n) is 14.0. The number of hydrogen-bond acceptors (Lipinski definition) is 4. The van der Waals surface area contributed by atoms with Crippen molar-refractivity contribution in [2.24, 2.45) is 5.73 Å². The molecule has 2 heterocycles. The van der Waals surface area contributed by atoms with Gasteiger partial charge in [0.25, 0.3) is 11.8 Å². The van der Waals surface area contributed by atoms with Crippen molar-refractivity contribution in [2.45, 2.75) is 31.2 Å². The lowest BCUT2D eigenvalue weighted by molar-refractivity contribution is 0.0923. The fourth-order valence-electron chi connectivity index (χ4n) is 3.63. The fourth-order valence-corrected chi connectivity index (χ4v) is 3.63. The SMILES string of the molecule is NC(=O)c1c(C2CC2)nn2c(C(=O)NC3Cc4ccccc43)ccnc12. The Morgan fingerprint density at radius 2 is 2.00 bits per heavy atom. The maximum atomic E-state index is 12.8. The van der Waals surface area contributed by atoms with Crippen molar-refractivity contribution >= 4 is 17.5 Å². The van der Waals surface area contributed by atoms with E-state index < -0.39 is 5.91 Å². The van der Waals surface area contributed by atoms with Crippen LogP contribution in [0.5, 0.6) is 0 Å². The Labute approximate surface area is 149 Å². The largest absolute Gasteiger partial charge is 0.365 e. The van der Waals surface area contributed by atoms with Crippen LogP contribution in [-0.4, -0.2) is 26.4 Å². The highest BCUT2D eigenvalue weighted by Crippen LogP contribution is 2.41. The van der Waals surface area contributed by atoms with Gasteiger partial charge >= 0.3 is 0 Å². The lowest BCUT2D eigenvalue weighted by Crippen LogP contribution is -2.36. The van der Waals surface area contributed by atoms with Crippen LogP contribution in [0.2, 0.25) is 0 Å². The zero-order valence-corrected chi connectivity index (χ0v) is 14.0. The van der Waals surface area contributed by atoms with Gasteiger partial charge < -0.3 is 11.1 Å². The molecule has 1 aromatic carbocycles. The highest BCUT2D eigenvalue weighted by atomic mass is 16.2. The highest BCUT2D eigenvalue weighted by molar-refractivity contribution is 6.01. The average molecular weight is 347 g/mol. The van der Waals surface area contributed by atoms with Crippen LogP contribution in [0, 0.1) is 0 Å². The number of fused-ring (bicyclic) bond motifs is 2. The van der Waals surface area contributed by atoms with Gasteiger partial charge in [-0.25, -0.2) is 9.50 Å². The monoisotopic (exact) mass is 347 g/mol. The second-order valence-corrected chi connectivity index (χ2v) is 6.89. The number of carbonyl (C=O) groups excluding carboxylic acids is 2. The minimum absolute atomic E-state index is 0.00371. The second kappa shape index (κ2) is 5.39. The van der Waals surface area contributed by atoms with E-state index in [2.05, 4.69) is 21.5 Å². The molecule has 2 aromatic heterocycles. The molecule has 130 valence electrons. The van der Waals surface area contributed by atoms with E-state index in [0.29, 0.717) is 22.6 Å². The third kappa shape index (κ3) is 2.20. The summed E-state index contributed by atoms with van der Waals surface area (Å²) >= 11 is 0. The summed E-state index contributed by atoms with van der Waals surface area (Å²) in [6, 6.07) is 9.67. The first-order valence-electron chi connectivity index (χ1n) is 8.69. The first-order chi connectivity index (χ1) is 12.6. The summed E-state index contributed by atoms with van der Waals surface area (Å²) in [6.07, 6.45) is 4.29. The number of rotatable bonds is 4.